The van der Waals surface area contributed by atoms with Gasteiger partial charge in [-0.3, -0.25) is 5.32 Å². The lowest BCUT2D eigenvalue weighted by Crippen LogP contribution is -2.33. The summed E-state index contributed by atoms with van der Waals surface area (Å²) in [4.78, 5) is 13.1. The minimum Gasteiger partial charge on any atom is -0.317 e. The van der Waals surface area contributed by atoms with E-state index in [1.54, 1.807) is 34.3 Å². The number of sulfone groups is 1. The molecule has 1 aliphatic rings. The van der Waals surface area contributed by atoms with Crippen molar-refractivity contribution in [2.45, 2.75) is 55.4 Å². The molecule has 0 radical (unpaired) electrons. The monoisotopic (exact) mass is 591 g/mol. The molecule has 0 spiro atoms. The summed E-state index contributed by atoms with van der Waals surface area (Å²) in [6.07, 6.45) is 1.59. The number of hydrogen-bond donors (Lipinski definition) is 3. The molecule has 10 heteroatoms. The predicted molar refractivity (Wildman–Crippen MR) is 166 cm³/mol. The largest absolute Gasteiger partial charge is 0.324 e. The van der Waals surface area contributed by atoms with Gasteiger partial charge in [0, 0.05) is 17.2 Å². The Morgan fingerprint density at radius 3 is 2.32 bits per heavy atom. The molecule has 5 rings (SSSR count). The van der Waals surface area contributed by atoms with E-state index in [-0.39, 0.29) is 11.3 Å². The maximum absolute atomic E-state index is 13.7. The van der Waals surface area contributed by atoms with Crippen molar-refractivity contribution < 1.29 is 13.2 Å². The molecule has 1 aliphatic heterocycles. The van der Waals surface area contributed by atoms with Crippen LogP contribution in [0.3, 0.4) is 0 Å². The number of hydrogen-bond acceptors (Lipinski definition) is 6. The highest BCUT2D eigenvalue weighted by molar-refractivity contribution is 7.93. The molecule has 2 amide bonds. The van der Waals surface area contributed by atoms with Gasteiger partial charge in [-0.25, -0.2) is 17.9 Å². The number of carbonyl (C=O) groups excluding carboxylic acids is 1. The van der Waals surface area contributed by atoms with E-state index in [4.69, 9.17) is 5.10 Å². The molecule has 1 fully saturated rings. The van der Waals surface area contributed by atoms with Crippen LogP contribution in [0.15, 0.2) is 76.3 Å². The fourth-order valence-electron chi connectivity index (χ4n) is 5.16. The number of aryl methyl sites for hydroxylation is 1. The lowest BCUT2D eigenvalue weighted by molar-refractivity contribution is 0.262. The van der Waals surface area contributed by atoms with Crippen LogP contribution in [-0.2, 0) is 15.3 Å². The molecule has 0 bridgehead atoms. The van der Waals surface area contributed by atoms with Gasteiger partial charge >= 0.3 is 6.03 Å². The minimum atomic E-state index is -3.55. The molecule has 41 heavy (non-hydrogen) atoms. The number of amides is 2. The Kier molecular flexibility index (Phi) is 8.35. The molecular weight excluding hydrogens is 555 g/mol. The number of carbonyl (C=O) groups is 1. The van der Waals surface area contributed by atoms with Crippen molar-refractivity contribution in [1.82, 2.24) is 15.1 Å². The molecule has 1 unspecified atom stereocenters. The Hall–Kier alpha value is -3.47. The van der Waals surface area contributed by atoms with E-state index in [0.717, 1.165) is 48.4 Å². The first kappa shape index (κ1) is 29.0. The first-order valence-corrected chi connectivity index (χ1v) is 16.3. The number of thiophene rings is 1. The van der Waals surface area contributed by atoms with Gasteiger partial charge in [0.1, 0.15) is 10.0 Å². The molecule has 1 saturated heterocycles. The summed E-state index contributed by atoms with van der Waals surface area (Å²) in [5.41, 5.74) is 3.95. The number of urea groups is 1. The zero-order valence-electron chi connectivity index (χ0n) is 23.8. The molecule has 4 aromatic rings. The molecule has 2 aromatic carbocycles. The van der Waals surface area contributed by atoms with Gasteiger partial charge in [0.2, 0.25) is 0 Å². The van der Waals surface area contributed by atoms with Gasteiger partial charge < -0.3 is 10.6 Å². The third kappa shape index (κ3) is 6.55. The molecule has 1 atom stereocenters. The molecule has 3 heterocycles. The van der Waals surface area contributed by atoms with Crippen molar-refractivity contribution in [1.29, 1.82) is 0 Å². The number of nitrogens with zero attached hydrogens (tertiary/aromatic N) is 2. The topological polar surface area (TPSA) is 105 Å². The Morgan fingerprint density at radius 2 is 1.71 bits per heavy atom. The highest BCUT2D eigenvalue weighted by Gasteiger charge is 2.37. The standard InChI is InChI=1S/C31H37N5O3S2/c1-21-7-13-25(14-8-21)36-27(20-26(35-36)31(2,3)4)34-30(37)33-24-11-9-22(10-12-24)29(23-15-17-32-18-16-23)41(38,39)28-6-5-19-40-28/h5-14,19-20,23,29,32H,15-18H2,1-4H3,(H2,33,34,37). The van der Waals surface area contributed by atoms with Crippen molar-refractivity contribution in [2.75, 3.05) is 23.7 Å². The first-order valence-electron chi connectivity index (χ1n) is 13.9. The average Bonchev–Trinajstić information content (AvgIpc) is 3.62. The van der Waals surface area contributed by atoms with E-state index >= 15 is 0 Å². The zero-order valence-corrected chi connectivity index (χ0v) is 25.5. The number of aromatic nitrogens is 2. The molecule has 0 aliphatic carbocycles. The van der Waals surface area contributed by atoms with Crippen molar-refractivity contribution in [3.8, 4) is 5.69 Å². The highest BCUT2D eigenvalue weighted by atomic mass is 32.2. The fraction of sp³-hybridized carbons (Fsp3) is 0.355. The second-order valence-electron chi connectivity index (χ2n) is 11.6. The van der Waals surface area contributed by atoms with Gasteiger partial charge in [-0.1, -0.05) is 56.7 Å². The summed E-state index contributed by atoms with van der Waals surface area (Å²) in [6, 6.07) is 20.1. The first-order chi connectivity index (χ1) is 19.5. The normalized spacial score (nSPS) is 15.4. The third-order valence-electron chi connectivity index (χ3n) is 7.42. The van der Waals surface area contributed by atoms with Crippen LogP contribution in [0.1, 0.15) is 55.7 Å². The van der Waals surface area contributed by atoms with Crippen LogP contribution < -0.4 is 16.0 Å². The molecule has 216 valence electrons. The second kappa shape index (κ2) is 11.8. The number of anilines is 2. The van der Waals surface area contributed by atoms with Crippen molar-refractivity contribution in [3.63, 3.8) is 0 Å². The summed E-state index contributed by atoms with van der Waals surface area (Å²) in [5, 5.41) is 15.1. The Balaban J connectivity index is 1.36. The predicted octanol–water partition coefficient (Wildman–Crippen LogP) is 6.70. The second-order valence-corrected chi connectivity index (χ2v) is 14.8. The van der Waals surface area contributed by atoms with E-state index < -0.39 is 21.1 Å². The van der Waals surface area contributed by atoms with Gasteiger partial charge in [-0.05, 0) is 80.0 Å². The molecular formula is C31H37N5O3S2. The van der Waals surface area contributed by atoms with Crippen LogP contribution in [-0.4, -0.2) is 37.3 Å². The van der Waals surface area contributed by atoms with Crippen LogP contribution in [0.25, 0.3) is 5.69 Å². The van der Waals surface area contributed by atoms with Crippen LogP contribution in [0.5, 0.6) is 0 Å². The van der Waals surface area contributed by atoms with Crippen LogP contribution in [0.4, 0.5) is 16.3 Å². The quantitative estimate of drug-likeness (QED) is 0.222. The number of rotatable bonds is 7. The van der Waals surface area contributed by atoms with E-state index in [9.17, 15) is 13.2 Å². The van der Waals surface area contributed by atoms with Crippen LogP contribution in [0, 0.1) is 12.8 Å². The fourth-order valence-corrected chi connectivity index (χ4v) is 8.43. The number of piperidine rings is 1. The molecule has 0 saturated carbocycles. The van der Waals surface area contributed by atoms with Gasteiger partial charge in [-0.2, -0.15) is 5.10 Å². The summed E-state index contributed by atoms with van der Waals surface area (Å²) in [5.74, 6) is 0.574. The smallest absolute Gasteiger partial charge is 0.317 e. The van der Waals surface area contributed by atoms with E-state index in [0.29, 0.717) is 15.7 Å². The van der Waals surface area contributed by atoms with E-state index in [2.05, 4.69) is 36.7 Å². The zero-order chi connectivity index (χ0) is 29.2. The average molecular weight is 592 g/mol. The number of nitrogens with one attached hydrogen (secondary N) is 3. The minimum absolute atomic E-state index is 0.0181. The summed E-state index contributed by atoms with van der Waals surface area (Å²) in [6.45, 7) is 9.87. The number of benzene rings is 2. The molecule has 8 nitrogen and oxygen atoms in total. The molecule has 3 N–H and O–H groups in total. The van der Waals surface area contributed by atoms with Crippen LogP contribution >= 0.6 is 11.3 Å². The van der Waals surface area contributed by atoms with E-state index in [1.807, 2.05) is 49.4 Å². The highest BCUT2D eigenvalue weighted by Crippen LogP contribution is 2.41. The Bertz CT molecular complexity index is 1580. The SMILES string of the molecule is Cc1ccc(-n2nc(C(C)(C)C)cc2NC(=O)Nc2ccc(C(C3CCNCC3)S(=O)(=O)c3cccs3)cc2)cc1. The maximum Gasteiger partial charge on any atom is 0.324 e. The van der Waals surface area contributed by atoms with Gasteiger partial charge in [0.05, 0.1) is 16.6 Å². The Morgan fingerprint density at radius 1 is 1.02 bits per heavy atom. The molecule has 2 aromatic heterocycles. The van der Waals surface area contributed by atoms with Gasteiger partial charge in [-0.15, -0.1) is 11.3 Å². The van der Waals surface area contributed by atoms with Gasteiger partial charge in [0.15, 0.2) is 9.84 Å². The Labute approximate surface area is 246 Å². The van der Waals surface area contributed by atoms with Crippen molar-refractivity contribution >= 4 is 38.7 Å². The summed E-state index contributed by atoms with van der Waals surface area (Å²) in [7, 11) is -3.55. The van der Waals surface area contributed by atoms with Gasteiger partial charge in [0.25, 0.3) is 0 Å². The lowest BCUT2D eigenvalue weighted by Gasteiger charge is -2.30. The van der Waals surface area contributed by atoms with E-state index in [1.165, 1.54) is 11.3 Å². The van der Waals surface area contributed by atoms with Crippen molar-refractivity contribution in [2.24, 2.45) is 5.92 Å². The third-order valence-corrected chi connectivity index (χ3v) is 11.1. The van der Waals surface area contributed by atoms with Crippen LogP contribution in [0.2, 0.25) is 0 Å². The summed E-state index contributed by atoms with van der Waals surface area (Å²) < 4.78 is 29.5. The lowest BCUT2D eigenvalue weighted by atomic mass is 9.90. The maximum atomic E-state index is 13.7. The summed E-state index contributed by atoms with van der Waals surface area (Å²) >= 11 is 1.26. The van der Waals surface area contributed by atoms with Crippen molar-refractivity contribution in [3.05, 3.63) is 88.9 Å².